The SMILES string of the molecule is CN(C(=O)CNCCS)[C@@H](CCS)C(N)=O. The predicted octanol–water partition coefficient (Wildman–Crippen LogP) is -0.862. The fourth-order valence-electron chi connectivity index (χ4n) is 1.22. The Morgan fingerprint density at radius 1 is 1.38 bits per heavy atom. The number of carbonyl (C=O) groups is 2. The fourth-order valence-corrected chi connectivity index (χ4v) is 1.62. The van der Waals surface area contributed by atoms with Crippen LogP contribution in [0.3, 0.4) is 0 Å². The van der Waals surface area contributed by atoms with Gasteiger partial charge in [0.25, 0.3) is 0 Å². The first-order chi connectivity index (χ1) is 7.54. The van der Waals surface area contributed by atoms with Crippen LogP contribution in [-0.2, 0) is 9.59 Å². The number of hydrogen-bond donors (Lipinski definition) is 4. The molecule has 0 heterocycles. The van der Waals surface area contributed by atoms with Gasteiger partial charge in [-0.25, -0.2) is 0 Å². The van der Waals surface area contributed by atoms with E-state index in [-0.39, 0.29) is 12.5 Å². The third kappa shape index (κ3) is 5.62. The highest BCUT2D eigenvalue weighted by atomic mass is 32.1. The second-order valence-corrected chi connectivity index (χ2v) is 4.23. The van der Waals surface area contributed by atoms with Crippen molar-refractivity contribution in [2.45, 2.75) is 12.5 Å². The van der Waals surface area contributed by atoms with Crippen LogP contribution in [0.15, 0.2) is 0 Å². The maximum atomic E-state index is 11.6. The molecule has 3 N–H and O–H groups in total. The minimum atomic E-state index is -0.581. The summed E-state index contributed by atoms with van der Waals surface area (Å²) in [6, 6.07) is -0.581. The van der Waals surface area contributed by atoms with Crippen LogP contribution in [0.5, 0.6) is 0 Å². The number of primary amides is 1. The Morgan fingerprint density at radius 2 is 2.00 bits per heavy atom. The van der Waals surface area contributed by atoms with Crippen molar-refractivity contribution in [2.24, 2.45) is 5.73 Å². The topological polar surface area (TPSA) is 75.4 Å². The Hall–Kier alpha value is -0.400. The average molecular weight is 265 g/mol. The van der Waals surface area contributed by atoms with Crippen LogP contribution >= 0.6 is 25.3 Å². The third-order valence-electron chi connectivity index (χ3n) is 2.16. The highest BCUT2D eigenvalue weighted by Gasteiger charge is 2.23. The molecule has 0 radical (unpaired) electrons. The van der Waals surface area contributed by atoms with Gasteiger partial charge in [-0.15, -0.1) is 0 Å². The highest BCUT2D eigenvalue weighted by Crippen LogP contribution is 2.03. The van der Waals surface area contributed by atoms with Crippen LogP contribution in [0.1, 0.15) is 6.42 Å². The van der Waals surface area contributed by atoms with Crippen molar-refractivity contribution in [3.63, 3.8) is 0 Å². The lowest BCUT2D eigenvalue weighted by molar-refractivity contribution is -0.137. The summed E-state index contributed by atoms with van der Waals surface area (Å²) in [6.07, 6.45) is 0.466. The van der Waals surface area contributed by atoms with Crippen molar-refractivity contribution in [2.75, 3.05) is 31.6 Å². The molecule has 1 atom stereocenters. The maximum absolute atomic E-state index is 11.6. The minimum absolute atomic E-state index is 0.160. The van der Waals surface area contributed by atoms with E-state index in [1.165, 1.54) is 4.90 Å². The van der Waals surface area contributed by atoms with E-state index in [1.54, 1.807) is 7.05 Å². The first-order valence-electron chi connectivity index (χ1n) is 5.02. The van der Waals surface area contributed by atoms with Gasteiger partial charge in [0.2, 0.25) is 11.8 Å². The van der Waals surface area contributed by atoms with Gasteiger partial charge in [0.15, 0.2) is 0 Å². The Balaban J connectivity index is 4.20. The molecule has 0 aliphatic carbocycles. The number of amides is 2. The molecule has 16 heavy (non-hydrogen) atoms. The molecule has 0 spiro atoms. The number of thiol groups is 2. The van der Waals surface area contributed by atoms with Crippen molar-refractivity contribution < 1.29 is 9.59 Å². The van der Waals surface area contributed by atoms with Crippen molar-refractivity contribution >= 4 is 37.1 Å². The molecule has 5 nitrogen and oxygen atoms in total. The van der Waals surface area contributed by atoms with Crippen LogP contribution in [0, 0.1) is 0 Å². The van der Waals surface area contributed by atoms with E-state index in [9.17, 15) is 9.59 Å². The number of rotatable bonds is 8. The second kappa shape index (κ2) is 8.72. The molecule has 7 heteroatoms. The molecule has 0 rings (SSSR count). The van der Waals surface area contributed by atoms with Crippen LogP contribution in [-0.4, -0.2) is 54.4 Å². The Bertz CT molecular complexity index is 239. The highest BCUT2D eigenvalue weighted by molar-refractivity contribution is 7.80. The van der Waals surface area contributed by atoms with Crippen molar-refractivity contribution in [1.29, 1.82) is 0 Å². The monoisotopic (exact) mass is 265 g/mol. The summed E-state index contributed by atoms with van der Waals surface area (Å²) in [5, 5.41) is 2.91. The molecular weight excluding hydrogens is 246 g/mol. The van der Waals surface area contributed by atoms with Gasteiger partial charge in [0.1, 0.15) is 6.04 Å². The van der Waals surface area contributed by atoms with E-state index in [4.69, 9.17) is 5.73 Å². The number of nitrogens with two attached hydrogens (primary N) is 1. The van der Waals surface area contributed by atoms with Crippen LogP contribution in [0.25, 0.3) is 0 Å². The minimum Gasteiger partial charge on any atom is -0.368 e. The van der Waals surface area contributed by atoms with E-state index >= 15 is 0 Å². The smallest absolute Gasteiger partial charge is 0.240 e. The Morgan fingerprint density at radius 3 is 2.44 bits per heavy atom. The molecular formula is C9H19N3O2S2. The molecule has 0 unspecified atom stereocenters. The molecule has 0 aromatic heterocycles. The Kier molecular flexibility index (Phi) is 8.50. The number of carbonyl (C=O) groups excluding carboxylic acids is 2. The van der Waals surface area contributed by atoms with Crippen molar-refractivity contribution in [3.05, 3.63) is 0 Å². The maximum Gasteiger partial charge on any atom is 0.240 e. The molecule has 0 aliphatic rings. The van der Waals surface area contributed by atoms with Crippen molar-refractivity contribution in [3.8, 4) is 0 Å². The molecule has 0 saturated carbocycles. The van der Waals surface area contributed by atoms with Crippen molar-refractivity contribution in [1.82, 2.24) is 10.2 Å². The van der Waals surface area contributed by atoms with E-state index in [2.05, 4.69) is 30.6 Å². The zero-order valence-electron chi connectivity index (χ0n) is 9.35. The first-order valence-corrected chi connectivity index (χ1v) is 6.28. The molecule has 0 fully saturated rings. The lowest BCUT2D eigenvalue weighted by Gasteiger charge is -2.25. The number of likely N-dealkylation sites (N-methyl/N-ethyl adjacent to an activating group) is 1. The van der Waals surface area contributed by atoms with E-state index in [0.29, 0.717) is 24.5 Å². The lowest BCUT2D eigenvalue weighted by atomic mass is 10.2. The van der Waals surface area contributed by atoms with Crippen LogP contribution in [0.2, 0.25) is 0 Å². The number of nitrogens with one attached hydrogen (secondary N) is 1. The molecule has 94 valence electrons. The molecule has 0 bridgehead atoms. The van der Waals surface area contributed by atoms with Gasteiger partial charge in [0.05, 0.1) is 6.54 Å². The van der Waals surface area contributed by atoms with Gasteiger partial charge in [-0.3, -0.25) is 9.59 Å². The summed E-state index contributed by atoms with van der Waals surface area (Å²) in [6.45, 7) is 0.837. The molecule has 0 aromatic carbocycles. The zero-order valence-corrected chi connectivity index (χ0v) is 11.1. The quantitative estimate of drug-likeness (QED) is 0.341. The summed E-state index contributed by atoms with van der Waals surface area (Å²) < 4.78 is 0. The zero-order chi connectivity index (χ0) is 12.6. The number of nitrogens with zero attached hydrogens (tertiary/aromatic N) is 1. The Labute approximate surface area is 107 Å². The molecule has 0 aromatic rings. The van der Waals surface area contributed by atoms with Gasteiger partial charge in [-0.05, 0) is 12.2 Å². The molecule has 0 aliphatic heterocycles. The first kappa shape index (κ1) is 15.6. The predicted molar refractivity (Wildman–Crippen MR) is 70.9 cm³/mol. The second-order valence-electron chi connectivity index (χ2n) is 3.34. The summed E-state index contributed by atoms with van der Waals surface area (Å²) in [5.74, 6) is 0.508. The van der Waals surface area contributed by atoms with Gasteiger partial charge in [0, 0.05) is 19.3 Å². The summed E-state index contributed by atoms with van der Waals surface area (Å²) >= 11 is 8.04. The lowest BCUT2D eigenvalue weighted by Crippen LogP contribution is -2.48. The average Bonchev–Trinajstić information content (AvgIpc) is 2.24. The normalized spacial score (nSPS) is 12.2. The molecule has 0 saturated heterocycles. The van der Waals surface area contributed by atoms with Gasteiger partial charge in [-0.1, -0.05) is 0 Å². The summed E-state index contributed by atoms with van der Waals surface area (Å²) in [5.41, 5.74) is 5.22. The van der Waals surface area contributed by atoms with Crippen LogP contribution < -0.4 is 11.1 Å². The van der Waals surface area contributed by atoms with Crippen LogP contribution in [0.4, 0.5) is 0 Å². The number of hydrogen-bond acceptors (Lipinski definition) is 5. The summed E-state index contributed by atoms with van der Waals surface area (Å²) in [4.78, 5) is 24.1. The standard InChI is InChI=1S/C9H19N3O2S2/c1-12(7(2-4-15)9(10)14)8(13)6-11-3-5-16/h7,11,15-16H,2-6H2,1H3,(H2,10,14)/t7-/m0/s1. The fraction of sp³-hybridized carbons (Fsp3) is 0.778. The van der Waals surface area contributed by atoms with E-state index in [1.807, 2.05) is 0 Å². The summed E-state index contributed by atoms with van der Waals surface area (Å²) in [7, 11) is 1.57. The largest absolute Gasteiger partial charge is 0.368 e. The van der Waals surface area contributed by atoms with Gasteiger partial charge >= 0.3 is 0 Å². The van der Waals surface area contributed by atoms with Gasteiger partial charge in [-0.2, -0.15) is 25.3 Å². The van der Waals surface area contributed by atoms with E-state index in [0.717, 1.165) is 0 Å². The molecule has 2 amide bonds. The van der Waals surface area contributed by atoms with Gasteiger partial charge < -0.3 is 16.0 Å². The third-order valence-corrected chi connectivity index (χ3v) is 2.64. The van der Waals surface area contributed by atoms with E-state index < -0.39 is 11.9 Å².